The molecule has 19 heavy (non-hydrogen) atoms. The number of aromatic hydroxyl groups is 1. The number of H-pyrrole nitrogens is 1. The van der Waals surface area contributed by atoms with Crippen LogP contribution in [0, 0.1) is 0 Å². The molecule has 0 saturated carbocycles. The average molecular weight is 285 g/mol. The van der Waals surface area contributed by atoms with E-state index >= 15 is 0 Å². The summed E-state index contributed by atoms with van der Waals surface area (Å²) in [6.45, 7) is 3.41. The molecule has 0 saturated heterocycles. The fraction of sp³-hybridized carbons (Fsp3) is 0.222. The maximum Gasteiger partial charge on any atom is 0.346 e. The second kappa shape index (κ2) is 5.06. The van der Waals surface area contributed by atoms with Crippen molar-refractivity contribution in [2.75, 3.05) is 0 Å². The molecule has 0 aliphatic rings. The van der Waals surface area contributed by atoms with Crippen LogP contribution in [0.25, 0.3) is 11.0 Å². The van der Waals surface area contributed by atoms with E-state index < -0.39 is 13.4 Å². The maximum absolute atomic E-state index is 11.1. The molecular weight excluding hydrogens is 273 g/mol. The summed E-state index contributed by atoms with van der Waals surface area (Å²) in [7, 11) is -4.31. The molecule has 0 fully saturated rings. The predicted molar refractivity (Wildman–Crippen MR) is 66.2 cm³/mol. The summed E-state index contributed by atoms with van der Waals surface area (Å²) in [5.41, 5.74) is 1.06. The molecule has 0 radical (unpaired) electrons. The molecule has 0 spiro atoms. The summed E-state index contributed by atoms with van der Waals surface area (Å²) in [6.07, 6.45) is 2.30. The first-order valence-electron chi connectivity index (χ1n) is 5.21. The fourth-order valence-electron chi connectivity index (χ4n) is 1.54. The average Bonchev–Trinajstić information content (AvgIpc) is 2.73. The van der Waals surface area contributed by atoms with Gasteiger partial charge >= 0.3 is 7.60 Å². The molecule has 9 nitrogen and oxygen atoms in total. The van der Waals surface area contributed by atoms with E-state index in [2.05, 4.69) is 32.1 Å². The third-order valence-electron chi connectivity index (χ3n) is 2.47. The Morgan fingerprint density at radius 3 is 2.89 bits per heavy atom. The first kappa shape index (κ1) is 13.6. The summed E-state index contributed by atoms with van der Waals surface area (Å²) >= 11 is 0. The Labute approximate surface area is 107 Å². The molecule has 2 rings (SSSR count). The maximum atomic E-state index is 11.1. The Balaban J connectivity index is 2.21. The number of rotatable bonds is 5. The minimum Gasteiger partial charge on any atom is -0.492 e. The largest absolute Gasteiger partial charge is 0.492 e. The van der Waals surface area contributed by atoms with E-state index in [9.17, 15) is 9.67 Å². The number of hydrogen-bond acceptors (Lipinski definition) is 6. The lowest BCUT2D eigenvalue weighted by atomic mass is 10.3. The highest BCUT2D eigenvalue weighted by molar-refractivity contribution is 7.52. The molecule has 0 bridgehead atoms. The van der Waals surface area contributed by atoms with E-state index in [0.29, 0.717) is 11.2 Å². The van der Waals surface area contributed by atoms with Gasteiger partial charge in [0.25, 0.3) is 0 Å². The molecule has 102 valence electrons. The summed E-state index contributed by atoms with van der Waals surface area (Å²) in [6, 6.07) is 0. The Kier molecular flexibility index (Phi) is 3.63. The molecule has 2 aromatic heterocycles. The molecule has 0 aliphatic carbocycles. The van der Waals surface area contributed by atoms with E-state index in [0.717, 1.165) is 6.08 Å². The van der Waals surface area contributed by atoms with E-state index in [1.165, 1.54) is 6.33 Å². The van der Waals surface area contributed by atoms with E-state index in [1.54, 1.807) is 0 Å². The van der Waals surface area contributed by atoms with Gasteiger partial charge in [-0.2, -0.15) is 5.10 Å². The van der Waals surface area contributed by atoms with Crippen LogP contribution in [-0.2, 0) is 11.1 Å². The first-order valence-corrected chi connectivity index (χ1v) is 6.89. The normalized spacial score (nSPS) is 13.6. The van der Waals surface area contributed by atoms with E-state index in [-0.39, 0.29) is 17.9 Å². The molecule has 2 heterocycles. The van der Waals surface area contributed by atoms with Crippen LogP contribution in [0.4, 0.5) is 0 Å². The summed E-state index contributed by atoms with van der Waals surface area (Å²) in [5.74, 6) is -1.41. The van der Waals surface area contributed by atoms with Gasteiger partial charge in [-0.1, -0.05) is 6.08 Å². The summed E-state index contributed by atoms with van der Waals surface area (Å²) in [5, 5.41) is 18.5. The number of fused-ring (bicyclic) bond motifs is 1. The molecule has 2 aromatic rings. The highest BCUT2D eigenvalue weighted by Gasteiger charge is 2.25. The van der Waals surface area contributed by atoms with Crippen molar-refractivity contribution in [1.29, 1.82) is 0 Å². The van der Waals surface area contributed by atoms with Crippen LogP contribution >= 0.6 is 7.60 Å². The monoisotopic (exact) mass is 285 g/mol. The van der Waals surface area contributed by atoms with Gasteiger partial charge in [-0.25, -0.2) is 9.97 Å². The smallest absolute Gasteiger partial charge is 0.346 e. The Morgan fingerprint density at radius 2 is 2.26 bits per heavy atom. The van der Waals surface area contributed by atoms with Gasteiger partial charge in [0.1, 0.15) is 28.8 Å². The second-order valence-electron chi connectivity index (χ2n) is 3.74. The van der Waals surface area contributed by atoms with Crippen molar-refractivity contribution in [1.82, 2.24) is 25.5 Å². The third kappa shape index (κ3) is 2.79. The lowest BCUT2D eigenvalue weighted by Crippen LogP contribution is -2.26. The number of aromatic amines is 1. The van der Waals surface area contributed by atoms with Crippen molar-refractivity contribution in [2.24, 2.45) is 0 Å². The highest BCUT2D eigenvalue weighted by Crippen LogP contribution is 2.40. The first-order chi connectivity index (χ1) is 8.93. The molecule has 0 aliphatic heterocycles. The lowest BCUT2D eigenvalue weighted by molar-refractivity contribution is 0.356. The van der Waals surface area contributed by atoms with Crippen molar-refractivity contribution < 1.29 is 19.5 Å². The minimum atomic E-state index is -4.31. The number of nitrogens with zero attached hydrogens (tertiary/aromatic N) is 3. The van der Waals surface area contributed by atoms with E-state index in [4.69, 9.17) is 9.79 Å². The van der Waals surface area contributed by atoms with Crippen molar-refractivity contribution >= 4 is 18.6 Å². The Morgan fingerprint density at radius 1 is 1.53 bits per heavy atom. The zero-order valence-electron chi connectivity index (χ0n) is 9.69. The predicted octanol–water partition coefficient (Wildman–Crippen LogP) is -0.162. The Bertz CT molecular complexity index is 651. The second-order valence-corrected chi connectivity index (χ2v) is 5.48. The quantitative estimate of drug-likeness (QED) is 0.376. The van der Waals surface area contributed by atoms with Gasteiger partial charge in [0.2, 0.25) is 5.88 Å². The van der Waals surface area contributed by atoms with Gasteiger partial charge in [0.15, 0.2) is 0 Å². The molecule has 0 aromatic carbocycles. The highest BCUT2D eigenvalue weighted by atomic mass is 31.2. The fourth-order valence-corrected chi connectivity index (χ4v) is 2.14. The van der Waals surface area contributed by atoms with Gasteiger partial charge in [-0.15, -0.1) is 6.58 Å². The van der Waals surface area contributed by atoms with Crippen LogP contribution in [0.1, 0.15) is 5.69 Å². The zero-order chi connectivity index (χ0) is 14.0. The van der Waals surface area contributed by atoms with Crippen LogP contribution < -0.4 is 5.32 Å². The molecule has 0 amide bonds. The van der Waals surface area contributed by atoms with Gasteiger partial charge in [-0.3, -0.25) is 15.0 Å². The molecule has 1 unspecified atom stereocenters. The van der Waals surface area contributed by atoms with Crippen molar-refractivity contribution in [2.45, 2.75) is 12.3 Å². The number of hydrogen-bond donors (Lipinski definition) is 5. The summed E-state index contributed by atoms with van der Waals surface area (Å²) in [4.78, 5) is 25.6. The van der Waals surface area contributed by atoms with E-state index in [1.807, 2.05) is 0 Å². The van der Waals surface area contributed by atoms with Crippen LogP contribution in [0.2, 0.25) is 0 Å². The third-order valence-corrected chi connectivity index (χ3v) is 3.59. The number of nitrogens with one attached hydrogen (secondary N) is 2. The van der Waals surface area contributed by atoms with Crippen LogP contribution in [0.3, 0.4) is 0 Å². The topological polar surface area (TPSA) is 144 Å². The number of aromatic nitrogens is 4. The van der Waals surface area contributed by atoms with Gasteiger partial charge in [0.05, 0.1) is 0 Å². The van der Waals surface area contributed by atoms with Crippen LogP contribution in [0.15, 0.2) is 19.0 Å². The molecule has 1 atom stereocenters. The summed E-state index contributed by atoms with van der Waals surface area (Å²) < 4.78 is 11.1. The minimum absolute atomic E-state index is 0.0538. The SMILES string of the molecule is C=CC(NCc1n[nH]c2c(O)ncnc12)P(=O)(O)O. The van der Waals surface area contributed by atoms with Gasteiger partial charge in [-0.05, 0) is 0 Å². The van der Waals surface area contributed by atoms with Crippen LogP contribution in [0.5, 0.6) is 5.88 Å². The molecular formula is C9H12N5O4P. The van der Waals surface area contributed by atoms with Crippen molar-refractivity contribution in [3.8, 4) is 5.88 Å². The zero-order valence-corrected chi connectivity index (χ0v) is 10.6. The van der Waals surface area contributed by atoms with Crippen molar-refractivity contribution in [3.63, 3.8) is 0 Å². The van der Waals surface area contributed by atoms with Gasteiger partial charge in [0, 0.05) is 6.54 Å². The molecule has 5 N–H and O–H groups in total. The Hall–Kier alpha value is -1.80. The lowest BCUT2D eigenvalue weighted by Gasteiger charge is -2.15. The standard InChI is InChI=1S/C9H12N5O4P/c1-2-6(19(16,17)18)10-3-5-7-8(14-13-5)9(15)12-4-11-7/h2,4,6,10H,1,3H2,(H,13,14)(H,11,12,15)(H2,16,17,18). The van der Waals surface area contributed by atoms with Crippen LogP contribution in [-0.4, -0.2) is 40.8 Å². The molecule has 10 heteroatoms. The van der Waals surface area contributed by atoms with Crippen molar-refractivity contribution in [3.05, 3.63) is 24.7 Å². The van der Waals surface area contributed by atoms with Gasteiger partial charge < -0.3 is 14.9 Å².